The first-order valence-electron chi connectivity index (χ1n) is 6.60. The maximum Gasteiger partial charge on any atom is 0.355 e. The molecule has 100 valence electrons. The summed E-state index contributed by atoms with van der Waals surface area (Å²) in [5.41, 5.74) is 2.44. The van der Waals surface area contributed by atoms with Gasteiger partial charge in [-0.2, -0.15) is 4.99 Å². The summed E-state index contributed by atoms with van der Waals surface area (Å²) in [6.45, 7) is 3.36. The number of ether oxygens (including phenoxy) is 1. The number of ketones is 2. The molecule has 2 aliphatic heterocycles. The highest BCUT2D eigenvalue weighted by Gasteiger charge is 2.54. The quantitative estimate of drug-likeness (QED) is 0.592. The largest absolute Gasteiger partial charge is 0.378 e. The molecule has 4 rings (SSSR count). The number of amidine groups is 1. The molecule has 0 radical (unpaired) electrons. The lowest BCUT2D eigenvalue weighted by Gasteiger charge is -2.31. The molecule has 0 saturated carbocycles. The summed E-state index contributed by atoms with van der Waals surface area (Å²) in [6.07, 6.45) is 0. The monoisotopic (exact) mass is 270 g/mol. The third-order valence-corrected chi connectivity index (χ3v) is 4.20. The molecule has 2 heterocycles. The van der Waals surface area contributed by atoms with Gasteiger partial charge in [0.05, 0.1) is 18.8 Å². The van der Waals surface area contributed by atoms with Crippen LogP contribution in [0.25, 0.3) is 5.70 Å². The van der Waals surface area contributed by atoms with Gasteiger partial charge in [0, 0.05) is 5.56 Å². The zero-order valence-electron chi connectivity index (χ0n) is 11.0. The van der Waals surface area contributed by atoms with E-state index in [-0.39, 0.29) is 5.41 Å². The standard InChI is InChI=1S/C15H12N2O3/c1-15(6-20-7-15)14-16-10-8-4-2-3-5-9(8)12(18)13(19)11(10)17-14/h2-5H,6-7H2,1H3,(H,16,17)/p+2. The molecule has 1 aromatic rings. The summed E-state index contributed by atoms with van der Waals surface area (Å²) >= 11 is 0. The average molecular weight is 270 g/mol. The van der Waals surface area contributed by atoms with Crippen molar-refractivity contribution in [1.82, 2.24) is 0 Å². The van der Waals surface area contributed by atoms with E-state index in [2.05, 4.69) is 11.9 Å². The minimum absolute atomic E-state index is 0.0877. The van der Waals surface area contributed by atoms with Crippen LogP contribution in [0.5, 0.6) is 0 Å². The van der Waals surface area contributed by atoms with Gasteiger partial charge in [-0.3, -0.25) is 9.59 Å². The number of allylic oxidation sites excluding steroid dienone is 1. The molecule has 3 aliphatic rings. The second kappa shape index (κ2) is 3.71. The van der Waals surface area contributed by atoms with Gasteiger partial charge in [-0.25, -0.2) is 5.32 Å². The van der Waals surface area contributed by atoms with Gasteiger partial charge in [-0.15, -0.1) is 0 Å². The van der Waals surface area contributed by atoms with E-state index in [0.717, 1.165) is 17.1 Å². The first kappa shape index (κ1) is 11.7. The van der Waals surface area contributed by atoms with Gasteiger partial charge in [0.2, 0.25) is 5.78 Å². The Kier molecular flexibility index (Phi) is 2.17. The van der Waals surface area contributed by atoms with E-state index in [1.54, 1.807) is 12.1 Å². The van der Waals surface area contributed by atoms with Crippen LogP contribution in [0.15, 0.2) is 30.0 Å². The fourth-order valence-corrected chi connectivity index (χ4v) is 2.88. The Balaban J connectivity index is 1.85. The topological polar surface area (TPSA) is 74.0 Å². The lowest BCUT2D eigenvalue weighted by atomic mass is 9.87. The van der Waals surface area contributed by atoms with Crippen molar-refractivity contribution in [2.45, 2.75) is 6.92 Å². The van der Waals surface area contributed by atoms with Crippen molar-refractivity contribution in [3.8, 4) is 0 Å². The Morgan fingerprint density at radius 1 is 1.15 bits per heavy atom. The first-order chi connectivity index (χ1) is 9.60. The predicted octanol–water partition coefficient (Wildman–Crippen LogP) is -1.79. The van der Waals surface area contributed by atoms with Gasteiger partial charge in [0.25, 0.3) is 17.2 Å². The predicted molar refractivity (Wildman–Crippen MR) is 69.5 cm³/mol. The van der Waals surface area contributed by atoms with Crippen molar-refractivity contribution >= 4 is 23.1 Å². The Morgan fingerprint density at radius 2 is 1.85 bits per heavy atom. The Labute approximate surface area is 115 Å². The summed E-state index contributed by atoms with van der Waals surface area (Å²) in [7, 11) is 0. The number of Topliss-reactive ketones (excluding diaryl/α,β-unsaturated/α-hetero) is 2. The van der Waals surface area contributed by atoms with Crippen molar-refractivity contribution in [2.75, 3.05) is 13.2 Å². The summed E-state index contributed by atoms with van der Waals surface area (Å²) in [4.78, 5) is 27.7. The SMILES string of the molecule is CC1(C2=[NH+]C3=C([NH2+]2)C(=O)C(=O)c2ccccc23)COC1. The molecule has 0 amide bonds. The number of quaternary nitrogens is 1. The fraction of sp³-hybridized carbons (Fsp3) is 0.267. The fourth-order valence-electron chi connectivity index (χ4n) is 2.88. The molecule has 1 saturated heterocycles. The molecular formula is C15H14N2O3+2. The molecular weight excluding hydrogens is 256 g/mol. The van der Waals surface area contributed by atoms with Crippen LogP contribution in [-0.2, 0) is 9.53 Å². The summed E-state index contributed by atoms with van der Waals surface area (Å²) in [5, 5.41) is 1.81. The van der Waals surface area contributed by atoms with Crippen LogP contribution in [0.2, 0.25) is 0 Å². The smallest absolute Gasteiger partial charge is 0.355 e. The Hall–Kier alpha value is -2.11. The van der Waals surface area contributed by atoms with Crippen LogP contribution in [0.4, 0.5) is 0 Å². The summed E-state index contributed by atoms with van der Waals surface area (Å²) in [6, 6.07) is 7.23. The van der Waals surface area contributed by atoms with Gasteiger partial charge < -0.3 is 4.74 Å². The van der Waals surface area contributed by atoms with Crippen LogP contribution in [-0.4, -0.2) is 30.6 Å². The van der Waals surface area contributed by atoms with E-state index in [4.69, 9.17) is 4.74 Å². The molecule has 3 N–H and O–H groups in total. The zero-order chi connectivity index (χ0) is 13.9. The number of rotatable bonds is 1. The van der Waals surface area contributed by atoms with Gasteiger partial charge in [-0.1, -0.05) is 18.2 Å². The zero-order valence-corrected chi connectivity index (χ0v) is 11.0. The Morgan fingerprint density at radius 3 is 2.50 bits per heavy atom. The molecule has 0 unspecified atom stereocenters. The first-order valence-corrected chi connectivity index (χ1v) is 6.60. The van der Waals surface area contributed by atoms with Crippen molar-refractivity contribution in [1.29, 1.82) is 0 Å². The second-order valence-electron chi connectivity index (χ2n) is 5.73. The molecule has 20 heavy (non-hydrogen) atoms. The highest BCUT2D eigenvalue weighted by molar-refractivity contribution is 6.51. The van der Waals surface area contributed by atoms with Crippen LogP contribution in [0.3, 0.4) is 0 Å². The molecule has 0 bridgehead atoms. The van der Waals surface area contributed by atoms with Crippen molar-refractivity contribution in [3.63, 3.8) is 0 Å². The number of nitrogens with two attached hydrogens (primary N) is 1. The Bertz CT molecular complexity index is 726. The van der Waals surface area contributed by atoms with E-state index < -0.39 is 11.6 Å². The van der Waals surface area contributed by atoms with E-state index >= 15 is 0 Å². The van der Waals surface area contributed by atoms with Gasteiger partial charge >= 0.3 is 5.84 Å². The van der Waals surface area contributed by atoms with Crippen LogP contribution in [0.1, 0.15) is 22.8 Å². The van der Waals surface area contributed by atoms with Crippen LogP contribution in [0, 0.1) is 5.41 Å². The highest BCUT2D eigenvalue weighted by atomic mass is 16.5. The van der Waals surface area contributed by atoms with Gasteiger partial charge in [0.1, 0.15) is 0 Å². The number of carbonyl (C=O) groups is 2. The summed E-state index contributed by atoms with van der Waals surface area (Å²) in [5.74, 6) is 0.116. The van der Waals surface area contributed by atoms with Gasteiger partial charge in [-0.05, 0) is 13.0 Å². The normalized spacial score (nSPS) is 23.1. The van der Waals surface area contributed by atoms with Gasteiger partial charge in [0.15, 0.2) is 5.41 Å². The lowest BCUT2D eigenvalue weighted by molar-refractivity contribution is -0.525. The maximum absolute atomic E-state index is 12.2. The minimum atomic E-state index is -0.426. The van der Waals surface area contributed by atoms with Crippen LogP contribution >= 0.6 is 0 Å². The van der Waals surface area contributed by atoms with Crippen molar-refractivity contribution in [2.24, 2.45) is 5.41 Å². The molecule has 0 atom stereocenters. The number of carbonyl (C=O) groups excluding carboxylic acids is 2. The number of hydrogen-bond donors (Lipinski definition) is 2. The number of hydrogen-bond acceptors (Lipinski definition) is 3. The average Bonchev–Trinajstić information content (AvgIpc) is 2.88. The lowest BCUT2D eigenvalue weighted by Crippen LogP contribution is -2.97. The number of nitrogens with one attached hydrogen (secondary N) is 1. The van der Waals surface area contributed by atoms with Crippen molar-refractivity contribution < 1.29 is 24.6 Å². The van der Waals surface area contributed by atoms with E-state index in [9.17, 15) is 9.59 Å². The maximum atomic E-state index is 12.2. The summed E-state index contributed by atoms with van der Waals surface area (Å²) < 4.78 is 5.27. The molecule has 0 aromatic heterocycles. The molecule has 1 fully saturated rings. The molecule has 1 aliphatic carbocycles. The number of benzene rings is 1. The number of fused-ring (bicyclic) bond motifs is 2. The molecule has 0 spiro atoms. The molecule has 5 heteroatoms. The van der Waals surface area contributed by atoms with E-state index in [1.165, 1.54) is 0 Å². The van der Waals surface area contributed by atoms with E-state index in [1.807, 2.05) is 17.4 Å². The third-order valence-electron chi connectivity index (χ3n) is 4.20. The molecule has 1 aromatic carbocycles. The van der Waals surface area contributed by atoms with Crippen LogP contribution < -0.4 is 10.3 Å². The third kappa shape index (κ3) is 1.36. The minimum Gasteiger partial charge on any atom is -0.378 e. The second-order valence-corrected chi connectivity index (χ2v) is 5.73. The van der Waals surface area contributed by atoms with Crippen molar-refractivity contribution in [3.05, 3.63) is 41.1 Å². The highest BCUT2D eigenvalue weighted by Crippen LogP contribution is 2.28. The van der Waals surface area contributed by atoms with E-state index in [0.29, 0.717) is 24.5 Å². The molecule has 5 nitrogen and oxygen atoms in total.